The average Bonchev–Trinajstić information content (AvgIpc) is 2.47. The van der Waals surface area contributed by atoms with Gasteiger partial charge in [0.1, 0.15) is 0 Å². The van der Waals surface area contributed by atoms with E-state index >= 15 is 0 Å². The number of anilines is 1. The SMILES string of the molecule is Cc1ccc(NS(=O)(=O)c2cc(Cl)cc(Cl)c2)cc1S(=O)(=O)N(C)C. The van der Waals surface area contributed by atoms with E-state index in [1.165, 1.54) is 50.5 Å². The molecule has 25 heavy (non-hydrogen) atoms. The molecule has 0 atom stereocenters. The van der Waals surface area contributed by atoms with E-state index in [-0.39, 0.29) is 25.5 Å². The normalized spacial score (nSPS) is 12.4. The number of hydrogen-bond acceptors (Lipinski definition) is 4. The van der Waals surface area contributed by atoms with Gasteiger partial charge >= 0.3 is 0 Å². The van der Waals surface area contributed by atoms with Crippen LogP contribution in [0.15, 0.2) is 46.2 Å². The summed E-state index contributed by atoms with van der Waals surface area (Å²) < 4.78 is 53.1. The van der Waals surface area contributed by atoms with Gasteiger partial charge < -0.3 is 0 Å². The number of nitrogens with zero attached hydrogens (tertiary/aromatic N) is 1. The summed E-state index contributed by atoms with van der Waals surface area (Å²) in [5.74, 6) is 0. The molecule has 0 aliphatic rings. The minimum absolute atomic E-state index is 0.0156. The average molecular weight is 423 g/mol. The molecule has 0 saturated carbocycles. The molecule has 10 heteroatoms. The zero-order chi connectivity index (χ0) is 19.0. The Bertz CT molecular complexity index is 1000. The van der Waals surface area contributed by atoms with Crippen LogP contribution in [0.4, 0.5) is 5.69 Å². The minimum atomic E-state index is -3.98. The summed E-state index contributed by atoms with van der Waals surface area (Å²) in [7, 11) is -4.88. The maximum atomic E-state index is 12.5. The van der Waals surface area contributed by atoms with Crippen LogP contribution in [0.3, 0.4) is 0 Å². The Hall–Kier alpha value is -1.32. The van der Waals surface area contributed by atoms with E-state index < -0.39 is 20.0 Å². The minimum Gasteiger partial charge on any atom is -0.280 e. The zero-order valence-electron chi connectivity index (χ0n) is 13.6. The molecule has 0 unspecified atom stereocenters. The lowest BCUT2D eigenvalue weighted by molar-refractivity contribution is 0.520. The molecule has 6 nitrogen and oxygen atoms in total. The van der Waals surface area contributed by atoms with Crippen LogP contribution in [0, 0.1) is 6.92 Å². The second-order valence-corrected chi connectivity index (χ2v) is 10.2. The number of nitrogens with one attached hydrogen (secondary N) is 1. The molecule has 136 valence electrons. The molecule has 1 N–H and O–H groups in total. The summed E-state index contributed by atoms with van der Waals surface area (Å²) in [4.78, 5) is -0.107. The van der Waals surface area contributed by atoms with Crippen LogP contribution >= 0.6 is 23.2 Å². The third-order valence-corrected chi connectivity index (χ3v) is 7.10. The lowest BCUT2D eigenvalue weighted by Crippen LogP contribution is -2.23. The fourth-order valence-electron chi connectivity index (χ4n) is 2.04. The number of benzene rings is 2. The van der Waals surface area contributed by atoms with Gasteiger partial charge in [-0.25, -0.2) is 21.1 Å². The standard InChI is InChI=1S/C15H16Cl2N2O4S2/c1-10-4-5-13(9-15(10)25(22,23)19(2)3)18-24(20,21)14-7-11(16)6-12(17)8-14/h4-9,18H,1-3H3. The number of halogens is 2. The van der Waals surface area contributed by atoms with E-state index in [2.05, 4.69) is 4.72 Å². The largest absolute Gasteiger partial charge is 0.280 e. The van der Waals surface area contributed by atoms with Crippen molar-refractivity contribution in [2.24, 2.45) is 0 Å². The van der Waals surface area contributed by atoms with Crippen LogP contribution in [0.1, 0.15) is 5.56 Å². The molecule has 0 fully saturated rings. The summed E-state index contributed by atoms with van der Waals surface area (Å²) in [6.45, 7) is 1.63. The topological polar surface area (TPSA) is 83.5 Å². The van der Waals surface area contributed by atoms with Gasteiger partial charge in [0.15, 0.2) is 0 Å². The Kier molecular flexibility index (Phi) is 5.70. The first-order chi connectivity index (χ1) is 11.4. The van der Waals surface area contributed by atoms with Crippen LogP contribution in [0.25, 0.3) is 0 Å². The smallest absolute Gasteiger partial charge is 0.261 e. The molecule has 0 radical (unpaired) electrons. The lowest BCUT2D eigenvalue weighted by Gasteiger charge is -2.15. The summed E-state index contributed by atoms with van der Waals surface area (Å²) >= 11 is 11.7. The van der Waals surface area contributed by atoms with E-state index in [4.69, 9.17) is 23.2 Å². The predicted octanol–water partition coefficient (Wildman–Crippen LogP) is 3.35. The monoisotopic (exact) mass is 422 g/mol. The molecule has 0 aliphatic heterocycles. The first-order valence-corrected chi connectivity index (χ1v) is 10.6. The molecule has 0 saturated heterocycles. The molecular weight excluding hydrogens is 407 g/mol. The van der Waals surface area contributed by atoms with E-state index in [0.29, 0.717) is 5.56 Å². The molecule has 0 bridgehead atoms. The zero-order valence-corrected chi connectivity index (χ0v) is 16.8. The van der Waals surface area contributed by atoms with Crippen molar-refractivity contribution < 1.29 is 16.8 Å². The summed E-state index contributed by atoms with van der Waals surface area (Å²) in [6, 6.07) is 8.19. The van der Waals surface area contributed by atoms with E-state index in [1.807, 2.05) is 0 Å². The van der Waals surface area contributed by atoms with Crippen LogP contribution in [0.2, 0.25) is 10.0 Å². The van der Waals surface area contributed by atoms with Gasteiger partial charge in [-0.2, -0.15) is 0 Å². The van der Waals surface area contributed by atoms with Gasteiger partial charge in [-0.1, -0.05) is 29.3 Å². The number of rotatable bonds is 5. The summed E-state index contributed by atoms with van der Waals surface area (Å²) in [5, 5.41) is 0.348. The third-order valence-electron chi connectivity index (χ3n) is 3.35. The van der Waals surface area contributed by atoms with Crippen molar-refractivity contribution in [1.29, 1.82) is 0 Å². The number of sulfonamides is 2. The second kappa shape index (κ2) is 7.13. The fourth-order valence-corrected chi connectivity index (χ4v) is 4.95. The molecule has 2 rings (SSSR count). The third kappa shape index (κ3) is 4.45. The fraction of sp³-hybridized carbons (Fsp3) is 0.200. The molecule has 0 amide bonds. The highest BCUT2D eigenvalue weighted by Gasteiger charge is 2.22. The molecule has 2 aromatic carbocycles. The van der Waals surface area contributed by atoms with Gasteiger partial charge in [-0.3, -0.25) is 4.72 Å². The van der Waals surface area contributed by atoms with E-state index in [0.717, 1.165) is 4.31 Å². The Morgan fingerprint density at radius 1 is 0.920 bits per heavy atom. The van der Waals surface area contributed by atoms with Crippen molar-refractivity contribution in [3.8, 4) is 0 Å². The van der Waals surface area contributed by atoms with Gasteiger partial charge in [0, 0.05) is 24.1 Å². The van der Waals surface area contributed by atoms with Gasteiger partial charge in [0.05, 0.1) is 15.5 Å². The molecule has 0 heterocycles. The Balaban J connectivity index is 2.47. The van der Waals surface area contributed by atoms with E-state index in [9.17, 15) is 16.8 Å². The molecule has 2 aromatic rings. The highest BCUT2D eigenvalue weighted by atomic mass is 35.5. The second-order valence-electron chi connectivity index (χ2n) is 5.48. The maximum Gasteiger partial charge on any atom is 0.261 e. The van der Waals surface area contributed by atoms with Crippen molar-refractivity contribution in [2.45, 2.75) is 16.7 Å². The van der Waals surface area contributed by atoms with Crippen molar-refractivity contribution in [3.05, 3.63) is 52.0 Å². The van der Waals surface area contributed by atoms with Crippen molar-refractivity contribution in [3.63, 3.8) is 0 Å². The van der Waals surface area contributed by atoms with Gasteiger partial charge in [0.2, 0.25) is 10.0 Å². The number of hydrogen-bond donors (Lipinski definition) is 1. The van der Waals surface area contributed by atoms with Crippen LogP contribution < -0.4 is 4.72 Å². The first-order valence-electron chi connectivity index (χ1n) is 6.95. The quantitative estimate of drug-likeness (QED) is 0.800. The Labute approximate surface area is 157 Å². The molecular formula is C15H16Cl2N2O4S2. The summed E-state index contributed by atoms with van der Waals surface area (Å²) in [6.07, 6.45) is 0. The molecule has 0 aromatic heterocycles. The summed E-state index contributed by atoms with van der Waals surface area (Å²) in [5.41, 5.74) is 0.615. The highest BCUT2D eigenvalue weighted by Crippen LogP contribution is 2.26. The Morgan fingerprint density at radius 2 is 1.48 bits per heavy atom. The first kappa shape index (κ1) is 20.0. The van der Waals surface area contributed by atoms with Crippen molar-refractivity contribution in [2.75, 3.05) is 18.8 Å². The predicted molar refractivity (Wildman–Crippen MR) is 99.3 cm³/mol. The molecule has 0 spiro atoms. The van der Waals surface area contributed by atoms with Crippen LogP contribution in [-0.2, 0) is 20.0 Å². The van der Waals surface area contributed by atoms with Gasteiger partial charge in [-0.15, -0.1) is 0 Å². The lowest BCUT2D eigenvalue weighted by atomic mass is 10.2. The van der Waals surface area contributed by atoms with Crippen molar-refractivity contribution >= 4 is 48.9 Å². The number of aryl methyl sites for hydroxylation is 1. The molecule has 0 aliphatic carbocycles. The van der Waals surface area contributed by atoms with E-state index in [1.54, 1.807) is 6.92 Å². The van der Waals surface area contributed by atoms with Crippen molar-refractivity contribution in [1.82, 2.24) is 4.31 Å². The maximum absolute atomic E-state index is 12.5. The van der Waals surface area contributed by atoms with Crippen LogP contribution in [-0.4, -0.2) is 35.2 Å². The van der Waals surface area contributed by atoms with Gasteiger partial charge in [0.25, 0.3) is 10.0 Å². The highest BCUT2D eigenvalue weighted by molar-refractivity contribution is 7.92. The van der Waals surface area contributed by atoms with Crippen LogP contribution in [0.5, 0.6) is 0 Å². The van der Waals surface area contributed by atoms with Gasteiger partial charge in [-0.05, 0) is 42.8 Å². The Morgan fingerprint density at radius 3 is 2.00 bits per heavy atom.